The SMILES string of the molecule is CN(Cc1ccccc1)CC(O)COCC1CCCO1. The Balaban J connectivity index is 1.59. The molecule has 0 aliphatic carbocycles. The minimum absolute atomic E-state index is 0.226. The summed E-state index contributed by atoms with van der Waals surface area (Å²) in [6.07, 6.45) is 1.97. The third kappa shape index (κ3) is 5.59. The van der Waals surface area contributed by atoms with Crippen molar-refractivity contribution >= 4 is 0 Å². The van der Waals surface area contributed by atoms with Crippen LogP contribution in [0.2, 0.25) is 0 Å². The third-order valence-corrected chi connectivity index (χ3v) is 3.46. The van der Waals surface area contributed by atoms with Crippen molar-refractivity contribution in [2.45, 2.75) is 31.6 Å². The van der Waals surface area contributed by atoms with Gasteiger partial charge in [-0.25, -0.2) is 0 Å². The van der Waals surface area contributed by atoms with Crippen LogP contribution in [0.25, 0.3) is 0 Å². The van der Waals surface area contributed by atoms with Crippen LogP contribution in [0.15, 0.2) is 30.3 Å². The lowest BCUT2D eigenvalue weighted by Gasteiger charge is -2.21. The van der Waals surface area contributed by atoms with E-state index in [1.807, 2.05) is 25.2 Å². The maximum absolute atomic E-state index is 9.96. The molecule has 0 bridgehead atoms. The van der Waals surface area contributed by atoms with Crippen LogP contribution in [0.1, 0.15) is 18.4 Å². The van der Waals surface area contributed by atoms with Gasteiger partial charge in [0.1, 0.15) is 0 Å². The molecule has 2 rings (SSSR count). The van der Waals surface area contributed by atoms with Gasteiger partial charge in [0.2, 0.25) is 0 Å². The van der Waals surface area contributed by atoms with Gasteiger partial charge in [-0.3, -0.25) is 4.90 Å². The Hall–Kier alpha value is -0.940. The summed E-state index contributed by atoms with van der Waals surface area (Å²) in [7, 11) is 2.01. The highest BCUT2D eigenvalue weighted by Crippen LogP contribution is 2.12. The Bertz CT molecular complexity index is 365. The van der Waals surface area contributed by atoms with E-state index in [9.17, 15) is 5.11 Å². The largest absolute Gasteiger partial charge is 0.389 e. The maximum atomic E-state index is 9.96. The van der Waals surface area contributed by atoms with Gasteiger partial charge >= 0.3 is 0 Å². The summed E-state index contributed by atoms with van der Waals surface area (Å²) in [4.78, 5) is 2.11. The Labute approximate surface area is 121 Å². The Kier molecular flexibility index (Phi) is 6.47. The molecule has 4 nitrogen and oxygen atoms in total. The summed E-state index contributed by atoms with van der Waals surface area (Å²) in [6.45, 7) is 3.26. The molecule has 1 fully saturated rings. The van der Waals surface area contributed by atoms with Crippen molar-refractivity contribution in [1.29, 1.82) is 0 Å². The number of nitrogens with zero attached hydrogens (tertiary/aromatic N) is 1. The van der Waals surface area contributed by atoms with Gasteiger partial charge in [0.15, 0.2) is 0 Å². The van der Waals surface area contributed by atoms with Gasteiger partial charge in [-0.2, -0.15) is 0 Å². The number of hydrogen-bond acceptors (Lipinski definition) is 4. The average Bonchev–Trinajstić information content (AvgIpc) is 2.93. The van der Waals surface area contributed by atoms with Crippen molar-refractivity contribution in [2.24, 2.45) is 0 Å². The molecule has 2 unspecified atom stereocenters. The highest BCUT2D eigenvalue weighted by atomic mass is 16.5. The number of hydrogen-bond donors (Lipinski definition) is 1. The summed E-state index contributed by atoms with van der Waals surface area (Å²) in [6, 6.07) is 10.3. The van der Waals surface area contributed by atoms with Crippen molar-refractivity contribution < 1.29 is 14.6 Å². The van der Waals surface area contributed by atoms with E-state index in [-0.39, 0.29) is 6.10 Å². The van der Waals surface area contributed by atoms with Gasteiger partial charge < -0.3 is 14.6 Å². The molecule has 2 atom stereocenters. The topological polar surface area (TPSA) is 41.9 Å². The van der Waals surface area contributed by atoms with Gasteiger partial charge in [-0.15, -0.1) is 0 Å². The molecular weight excluding hydrogens is 254 g/mol. The molecule has 4 heteroatoms. The van der Waals surface area contributed by atoms with Crippen molar-refractivity contribution in [2.75, 3.05) is 33.4 Å². The monoisotopic (exact) mass is 279 g/mol. The lowest BCUT2D eigenvalue weighted by Crippen LogP contribution is -2.32. The Morgan fingerprint density at radius 1 is 1.40 bits per heavy atom. The molecule has 1 heterocycles. The predicted molar refractivity (Wildman–Crippen MR) is 78.6 cm³/mol. The minimum Gasteiger partial charge on any atom is -0.389 e. The lowest BCUT2D eigenvalue weighted by molar-refractivity contribution is -0.0238. The van der Waals surface area contributed by atoms with Gasteiger partial charge in [-0.05, 0) is 25.5 Å². The van der Waals surface area contributed by atoms with E-state index in [0.29, 0.717) is 19.8 Å². The van der Waals surface area contributed by atoms with Crippen LogP contribution < -0.4 is 0 Å². The fourth-order valence-corrected chi connectivity index (χ4v) is 2.48. The van der Waals surface area contributed by atoms with Crippen LogP contribution in [-0.2, 0) is 16.0 Å². The van der Waals surface area contributed by atoms with Gasteiger partial charge in [0.05, 0.1) is 25.4 Å². The van der Waals surface area contributed by atoms with Crippen molar-refractivity contribution in [3.05, 3.63) is 35.9 Å². The zero-order valence-electron chi connectivity index (χ0n) is 12.2. The Morgan fingerprint density at radius 2 is 2.20 bits per heavy atom. The molecule has 1 saturated heterocycles. The van der Waals surface area contributed by atoms with E-state index in [4.69, 9.17) is 9.47 Å². The molecule has 1 aromatic carbocycles. The normalized spacial score (nSPS) is 20.4. The van der Waals surface area contributed by atoms with E-state index in [2.05, 4.69) is 17.0 Å². The van der Waals surface area contributed by atoms with Gasteiger partial charge in [0, 0.05) is 19.7 Å². The maximum Gasteiger partial charge on any atom is 0.0900 e. The fourth-order valence-electron chi connectivity index (χ4n) is 2.48. The summed E-state index contributed by atoms with van der Waals surface area (Å²) < 4.78 is 11.0. The summed E-state index contributed by atoms with van der Waals surface area (Å²) >= 11 is 0. The number of aliphatic hydroxyl groups is 1. The highest BCUT2D eigenvalue weighted by Gasteiger charge is 2.16. The fraction of sp³-hybridized carbons (Fsp3) is 0.625. The van der Waals surface area contributed by atoms with E-state index in [0.717, 1.165) is 26.0 Å². The highest BCUT2D eigenvalue weighted by molar-refractivity contribution is 5.14. The number of likely N-dealkylation sites (N-methyl/N-ethyl adjacent to an activating group) is 1. The molecule has 1 aromatic rings. The van der Waals surface area contributed by atoms with Crippen LogP contribution in [0.3, 0.4) is 0 Å². The van der Waals surface area contributed by atoms with E-state index in [1.54, 1.807) is 0 Å². The molecule has 1 N–H and O–H groups in total. The molecule has 1 aliphatic rings. The molecule has 0 spiro atoms. The first-order valence-electron chi connectivity index (χ1n) is 7.34. The molecule has 0 radical (unpaired) electrons. The second kappa shape index (κ2) is 8.37. The van der Waals surface area contributed by atoms with E-state index in [1.165, 1.54) is 5.56 Å². The second-order valence-electron chi connectivity index (χ2n) is 5.51. The van der Waals surface area contributed by atoms with Crippen LogP contribution in [0.5, 0.6) is 0 Å². The lowest BCUT2D eigenvalue weighted by atomic mass is 10.2. The molecule has 20 heavy (non-hydrogen) atoms. The molecule has 0 aromatic heterocycles. The third-order valence-electron chi connectivity index (χ3n) is 3.46. The first kappa shape index (κ1) is 15.4. The average molecular weight is 279 g/mol. The van der Waals surface area contributed by atoms with Crippen LogP contribution in [0, 0.1) is 0 Å². The Morgan fingerprint density at radius 3 is 2.90 bits per heavy atom. The van der Waals surface area contributed by atoms with E-state index >= 15 is 0 Å². The van der Waals surface area contributed by atoms with Gasteiger partial charge in [-0.1, -0.05) is 30.3 Å². The smallest absolute Gasteiger partial charge is 0.0900 e. The van der Waals surface area contributed by atoms with Crippen LogP contribution >= 0.6 is 0 Å². The number of ether oxygens (including phenoxy) is 2. The molecule has 0 saturated carbocycles. The zero-order chi connectivity index (χ0) is 14.2. The summed E-state index contributed by atoms with van der Waals surface area (Å²) in [5, 5.41) is 9.96. The first-order valence-corrected chi connectivity index (χ1v) is 7.34. The summed E-state index contributed by atoms with van der Waals surface area (Å²) in [5.41, 5.74) is 1.25. The summed E-state index contributed by atoms with van der Waals surface area (Å²) in [5.74, 6) is 0. The molecule has 112 valence electrons. The number of benzene rings is 1. The number of rotatable bonds is 8. The number of aliphatic hydroxyl groups excluding tert-OH is 1. The molecule has 1 aliphatic heterocycles. The molecule has 0 amide bonds. The van der Waals surface area contributed by atoms with Crippen LogP contribution in [0.4, 0.5) is 0 Å². The van der Waals surface area contributed by atoms with Crippen molar-refractivity contribution in [3.8, 4) is 0 Å². The standard InChI is InChI=1S/C16H25NO3/c1-17(10-14-6-3-2-4-7-14)11-15(18)12-19-13-16-8-5-9-20-16/h2-4,6-7,15-16,18H,5,8-13H2,1H3. The van der Waals surface area contributed by atoms with Crippen molar-refractivity contribution in [1.82, 2.24) is 4.90 Å². The van der Waals surface area contributed by atoms with Crippen LogP contribution in [-0.4, -0.2) is 55.6 Å². The van der Waals surface area contributed by atoms with E-state index < -0.39 is 6.10 Å². The molecular formula is C16H25NO3. The minimum atomic E-state index is -0.454. The second-order valence-corrected chi connectivity index (χ2v) is 5.51. The quantitative estimate of drug-likeness (QED) is 0.786. The van der Waals surface area contributed by atoms with Crippen molar-refractivity contribution in [3.63, 3.8) is 0 Å². The first-order chi connectivity index (χ1) is 9.74. The van der Waals surface area contributed by atoms with Gasteiger partial charge in [0.25, 0.3) is 0 Å². The predicted octanol–water partition coefficient (Wildman–Crippen LogP) is 1.67. The zero-order valence-corrected chi connectivity index (χ0v) is 12.2.